The first-order valence-electron chi connectivity index (χ1n) is 5.90. The maximum absolute atomic E-state index is 6.25. The average molecular weight is 284 g/mol. The van der Waals surface area contributed by atoms with Gasteiger partial charge < -0.3 is 5.32 Å². The van der Waals surface area contributed by atoms with Gasteiger partial charge in [-0.2, -0.15) is 5.10 Å². The van der Waals surface area contributed by atoms with Crippen molar-refractivity contribution in [1.82, 2.24) is 15.1 Å². The molecule has 0 spiro atoms. The number of hydrogen-bond acceptors (Lipinski definition) is 2. The second-order valence-corrected chi connectivity index (χ2v) is 4.90. The molecule has 0 radical (unpaired) electrons. The molecule has 96 valence electrons. The molecule has 0 amide bonds. The lowest BCUT2D eigenvalue weighted by Crippen LogP contribution is -2.14. The summed E-state index contributed by atoms with van der Waals surface area (Å²) in [5.41, 5.74) is 2.00. The Balaban J connectivity index is 2.14. The molecule has 0 atom stereocenters. The van der Waals surface area contributed by atoms with Crippen LogP contribution in [0.3, 0.4) is 0 Å². The molecule has 5 heteroatoms. The molecule has 3 nitrogen and oxygen atoms in total. The second kappa shape index (κ2) is 6.23. The third kappa shape index (κ3) is 3.25. The van der Waals surface area contributed by atoms with Crippen LogP contribution in [0.1, 0.15) is 18.9 Å². The highest BCUT2D eigenvalue weighted by atomic mass is 35.5. The fourth-order valence-corrected chi connectivity index (χ4v) is 2.04. The lowest BCUT2D eigenvalue weighted by Gasteiger charge is -2.08. The minimum atomic E-state index is 0.611. The van der Waals surface area contributed by atoms with Crippen LogP contribution < -0.4 is 5.32 Å². The van der Waals surface area contributed by atoms with Gasteiger partial charge in [-0.1, -0.05) is 36.2 Å². The normalized spacial score (nSPS) is 10.8. The third-order valence-corrected chi connectivity index (χ3v) is 3.14. The van der Waals surface area contributed by atoms with E-state index < -0.39 is 0 Å². The van der Waals surface area contributed by atoms with E-state index in [0.717, 1.165) is 35.8 Å². The Morgan fingerprint density at radius 3 is 2.78 bits per heavy atom. The van der Waals surface area contributed by atoms with E-state index >= 15 is 0 Å². The minimum absolute atomic E-state index is 0.611. The van der Waals surface area contributed by atoms with Gasteiger partial charge in [0.2, 0.25) is 0 Å². The molecule has 0 saturated carbocycles. The Labute approximate surface area is 117 Å². The van der Waals surface area contributed by atoms with Crippen LogP contribution in [0.4, 0.5) is 0 Å². The van der Waals surface area contributed by atoms with Gasteiger partial charge in [0.15, 0.2) is 0 Å². The van der Waals surface area contributed by atoms with E-state index in [1.54, 1.807) is 17.1 Å². The number of nitrogens with zero attached hydrogens (tertiary/aromatic N) is 2. The largest absolute Gasteiger partial charge is 0.313 e. The van der Waals surface area contributed by atoms with Crippen molar-refractivity contribution in [3.8, 4) is 5.69 Å². The van der Waals surface area contributed by atoms with Crippen LogP contribution in [-0.4, -0.2) is 16.3 Å². The molecule has 18 heavy (non-hydrogen) atoms. The molecule has 2 aromatic rings. The first-order chi connectivity index (χ1) is 8.70. The summed E-state index contributed by atoms with van der Waals surface area (Å²) < 4.78 is 1.71. The molecule has 0 aliphatic rings. The predicted octanol–water partition coefficient (Wildman–Crippen LogP) is 3.68. The monoisotopic (exact) mass is 283 g/mol. The predicted molar refractivity (Wildman–Crippen MR) is 75.6 cm³/mol. The van der Waals surface area contributed by atoms with Gasteiger partial charge in [0.25, 0.3) is 0 Å². The standard InChI is InChI=1S/C13H15Cl2N3/c1-2-5-16-7-10-3-4-12(6-13(10)15)18-9-11(14)8-17-18/h3-4,6,8-9,16H,2,5,7H2,1H3. The maximum atomic E-state index is 6.25. The number of hydrogen-bond donors (Lipinski definition) is 1. The molecule has 0 aliphatic heterocycles. The van der Waals surface area contributed by atoms with Crippen LogP contribution in [-0.2, 0) is 6.54 Å². The first kappa shape index (κ1) is 13.4. The lowest BCUT2D eigenvalue weighted by atomic mass is 10.2. The van der Waals surface area contributed by atoms with Crippen LogP contribution >= 0.6 is 23.2 Å². The van der Waals surface area contributed by atoms with Gasteiger partial charge in [-0.05, 0) is 30.7 Å². The fraction of sp³-hybridized carbons (Fsp3) is 0.308. The number of halogens is 2. The number of benzene rings is 1. The van der Waals surface area contributed by atoms with Gasteiger partial charge in [0.05, 0.1) is 16.9 Å². The number of rotatable bonds is 5. The second-order valence-electron chi connectivity index (χ2n) is 4.06. The van der Waals surface area contributed by atoms with Crippen LogP contribution in [0, 0.1) is 0 Å². The summed E-state index contributed by atoms with van der Waals surface area (Å²) in [6.07, 6.45) is 4.47. The van der Waals surface area contributed by atoms with Gasteiger partial charge in [0.1, 0.15) is 0 Å². The Hall–Kier alpha value is -1.03. The highest BCUT2D eigenvalue weighted by Crippen LogP contribution is 2.21. The Kier molecular flexibility index (Phi) is 4.64. The highest BCUT2D eigenvalue weighted by molar-refractivity contribution is 6.31. The molecular weight excluding hydrogens is 269 g/mol. The van der Waals surface area contributed by atoms with Crippen LogP contribution in [0.25, 0.3) is 5.69 Å². The minimum Gasteiger partial charge on any atom is -0.313 e. The SMILES string of the molecule is CCCNCc1ccc(-n2cc(Cl)cn2)cc1Cl. The summed E-state index contributed by atoms with van der Waals surface area (Å²) in [5.74, 6) is 0. The van der Waals surface area contributed by atoms with Crippen molar-refractivity contribution in [1.29, 1.82) is 0 Å². The summed E-state index contributed by atoms with van der Waals surface area (Å²) >= 11 is 12.1. The molecule has 0 fully saturated rings. The summed E-state index contributed by atoms with van der Waals surface area (Å²) in [7, 11) is 0. The zero-order valence-corrected chi connectivity index (χ0v) is 11.7. The Bertz CT molecular complexity index is 523. The van der Waals surface area contributed by atoms with Crippen molar-refractivity contribution in [3.05, 3.63) is 46.2 Å². The van der Waals surface area contributed by atoms with Crippen molar-refractivity contribution in [2.24, 2.45) is 0 Å². The zero-order chi connectivity index (χ0) is 13.0. The van der Waals surface area contributed by atoms with Gasteiger partial charge in [-0.15, -0.1) is 0 Å². The van der Waals surface area contributed by atoms with Crippen molar-refractivity contribution in [2.75, 3.05) is 6.54 Å². The molecule has 1 N–H and O–H groups in total. The molecule has 0 bridgehead atoms. The van der Waals surface area contributed by atoms with Crippen molar-refractivity contribution >= 4 is 23.2 Å². The first-order valence-corrected chi connectivity index (χ1v) is 6.66. The molecule has 0 aliphatic carbocycles. The van der Waals surface area contributed by atoms with Gasteiger partial charge in [0, 0.05) is 17.8 Å². The zero-order valence-electron chi connectivity index (χ0n) is 10.2. The topological polar surface area (TPSA) is 29.9 Å². The fourth-order valence-electron chi connectivity index (χ4n) is 1.66. The summed E-state index contributed by atoms with van der Waals surface area (Å²) in [6, 6.07) is 5.89. The van der Waals surface area contributed by atoms with Gasteiger partial charge in [-0.3, -0.25) is 0 Å². The highest BCUT2D eigenvalue weighted by Gasteiger charge is 2.04. The van der Waals surface area contributed by atoms with E-state index in [2.05, 4.69) is 17.3 Å². The van der Waals surface area contributed by atoms with Crippen molar-refractivity contribution in [2.45, 2.75) is 19.9 Å². The smallest absolute Gasteiger partial charge is 0.0790 e. The molecule has 0 unspecified atom stereocenters. The van der Waals surface area contributed by atoms with Crippen LogP contribution in [0.5, 0.6) is 0 Å². The molecule has 1 aromatic carbocycles. The molecule has 0 saturated heterocycles. The van der Waals surface area contributed by atoms with E-state index in [0.29, 0.717) is 5.02 Å². The summed E-state index contributed by atoms with van der Waals surface area (Å²) in [4.78, 5) is 0. The molecule has 1 heterocycles. The van der Waals surface area contributed by atoms with Crippen LogP contribution in [0.15, 0.2) is 30.6 Å². The van der Waals surface area contributed by atoms with Crippen molar-refractivity contribution in [3.63, 3.8) is 0 Å². The molecular formula is C13H15Cl2N3. The average Bonchev–Trinajstić information content (AvgIpc) is 2.78. The van der Waals surface area contributed by atoms with E-state index in [1.165, 1.54) is 0 Å². The maximum Gasteiger partial charge on any atom is 0.0790 e. The summed E-state index contributed by atoms with van der Waals surface area (Å²) in [5, 5.41) is 8.82. The van der Waals surface area contributed by atoms with Gasteiger partial charge in [-0.25, -0.2) is 4.68 Å². The van der Waals surface area contributed by atoms with E-state index in [4.69, 9.17) is 23.2 Å². The van der Waals surface area contributed by atoms with Crippen molar-refractivity contribution < 1.29 is 0 Å². The van der Waals surface area contributed by atoms with E-state index in [1.807, 2.05) is 18.2 Å². The molecule has 2 rings (SSSR count). The third-order valence-electron chi connectivity index (χ3n) is 2.59. The Morgan fingerprint density at radius 1 is 1.33 bits per heavy atom. The molecule has 1 aromatic heterocycles. The number of nitrogens with one attached hydrogen (secondary N) is 1. The summed E-state index contributed by atoms with van der Waals surface area (Å²) in [6.45, 7) is 3.92. The lowest BCUT2D eigenvalue weighted by molar-refractivity contribution is 0.675. The Morgan fingerprint density at radius 2 is 2.17 bits per heavy atom. The number of aromatic nitrogens is 2. The quantitative estimate of drug-likeness (QED) is 0.849. The van der Waals surface area contributed by atoms with E-state index in [9.17, 15) is 0 Å². The van der Waals surface area contributed by atoms with E-state index in [-0.39, 0.29) is 0 Å². The van der Waals surface area contributed by atoms with Gasteiger partial charge >= 0.3 is 0 Å². The van der Waals surface area contributed by atoms with Crippen LogP contribution in [0.2, 0.25) is 10.0 Å².